The Morgan fingerprint density at radius 3 is 1.00 bits per heavy atom. The maximum Gasteiger partial charge on any atom is -0.0467 e. The van der Waals surface area contributed by atoms with E-state index in [0.29, 0.717) is 0 Å². The molecule has 0 radical (unpaired) electrons. The Balaban J connectivity index is -0.000000405. The van der Waals surface area contributed by atoms with Gasteiger partial charge in [-0.25, -0.2) is 0 Å². The van der Waals surface area contributed by atoms with Crippen LogP contribution in [-0.4, -0.2) is 0 Å². The fourth-order valence-corrected chi connectivity index (χ4v) is 0.479. The summed E-state index contributed by atoms with van der Waals surface area (Å²) < 4.78 is 0. The lowest BCUT2D eigenvalue weighted by atomic mass is 10.4. The molecule has 0 fully saturated rings. The van der Waals surface area contributed by atoms with E-state index in [1.54, 1.807) is 0 Å². The smallest absolute Gasteiger partial charge is 0.0467 e. The number of hydrogen-bond donors (Lipinski definition) is 0. The molecule has 0 unspecified atom stereocenters. The lowest BCUT2D eigenvalue weighted by molar-refractivity contribution is 1.72. The van der Waals surface area contributed by atoms with E-state index in [1.165, 1.54) is 0 Å². The van der Waals surface area contributed by atoms with E-state index in [9.17, 15) is 0 Å². The molecule has 0 aromatic carbocycles. The lowest BCUT2D eigenvalue weighted by Gasteiger charge is -1.71. The maximum atomic E-state index is 2.00. The third-order valence-electron chi connectivity index (χ3n) is 0.940. The Morgan fingerprint density at radius 2 is 0.750 bits per heavy atom. The molecule has 0 heteroatoms. The van der Waals surface area contributed by atoms with Gasteiger partial charge in [-0.2, -0.15) is 0 Å². The summed E-state index contributed by atoms with van der Waals surface area (Å²) in [7, 11) is 0. The van der Waals surface area contributed by atoms with Crippen LogP contribution in [0.2, 0.25) is 0 Å². The van der Waals surface area contributed by atoms with Gasteiger partial charge in [0, 0.05) is 0 Å². The molecule has 0 saturated carbocycles. The molecule has 0 bridgehead atoms. The highest BCUT2D eigenvalue weighted by atomic mass is 13.7. The Hall–Kier alpha value is -1.04. The standard InChI is InChI=1S/C10H14.2CH4/c1-3-5-7-9-10-8-6-4-2;;/h3-10H,1-2H3;2*1H4/b5-3+,6-4+,9-7-,10-8+;;. The van der Waals surface area contributed by atoms with Crippen molar-refractivity contribution in [2.75, 3.05) is 0 Å². The monoisotopic (exact) mass is 166 g/mol. The van der Waals surface area contributed by atoms with E-state index in [2.05, 4.69) is 0 Å². The zero-order valence-electron chi connectivity index (χ0n) is 6.62. The summed E-state index contributed by atoms with van der Waals surface area (Å²) >= 11 is 0. The average Bonchev–Trinajstić information content (AvgIpc) is 1.97. The molecular formula is C12H22. The van der Waals surface area contributed by atoms with Gasteiger partial charge in [0.25, 0.3) is 0 Å². The Bertz CT molecular complexity index is 137. The minimum Gasteiger partial charge on any atom is -0.0877 e. The summed E-state index contributed by atoms with van der Waals surface area (Å²) in [6.07, 6.45) is 16.0. The second kappa shape index (κ2) is 16.5. The van der Waals surface area contributed by atoms with Crippen LogP contribution in [0.15, 0.2) is 48.6 Å². The highest BCUT2D eigenvalue weighted by Gasteiger charge is 1.58. The van der Waals surface area contributed by atoms with Crippen molar-refractivity contribution in [2.24, 2.45) is 0 Å². The Labute approximate surface area is 78.0 Å². The first-order chi connectivity index (χ1) is 4.91. The van der Waals surface area contributed by atoms with E-state index in [1.807, 2.05) is 62.5 Å². The molecule has 0 aromatic heterocycles. The largest absolute Gasteiger partial charge is 0.0877 e. The molecule has 0 aromatic rings. The molecule has 0 N–H and O–H groups in total. The van der Waals surface area contributed by atoms with Crippen LogP contribution in [0.5, 0.6) is 0 Å². The molecule has 70 valence electrons. The van der Waals surface area contributed by atoms with Crippen LogP contribution in [0.4, 0.5) is 0 Å². The van der Waals surface area contributed by atoms with Crippen LogP contribution >= 0.6 is 0 Å². The first-order valence-electron chi connectivity index (χ1n) is 3.49. The van der Waals surface area contributed by atoms with Gasteiger partial charge < -0.3 is 0 Å². The van der Waals surface area contributed by atoms with E-state index in [0.717, 1.165) is 0 Å². The second-order valence-electron chi connectivity index (χ2n) is 1.82. The van der Waals surface area contributed by atoms with Crippen molar-refractivity contribution in [3.63, 3.8) is 0 Å². The van der Waals surface area contributed by atoms with Crippen LogP contribution < -0.4 is 0 Å². The van der Waals surface area contributed by atoms with Gasteiger partial charge in [0.1, 0.15) is 0 Å². The van der Waals surface area contributed by atoms with E-state index < -0.39 is 0 Å². The Morgan fingerprint density at radius 1 is 0.500 bits per heavy atom. The summed E-state index contributed by atoms with van der Waals surface area (Å²) in [5.74, 6) is 0. The van der Waals surface area contributed by atoms with Crippen LogP contribution in [0.25, 0.3) is 0 Å². The molecule has 0 saturated heterocycles. The molecule has 0 amide bonds. The lowest BCUT2D eigenvalue weighted by Crippen LogP contribution is -1.49. The van der Waals surface area contributed by atoms with Crippen molar-refractivity contribution in [2.45, 2.75) is 28.7 Å². The zero-order valence-corrected chi connectivity index (χ0v) is 6.62. The molecular weight excluding hydrogens is 144 g/mol. The van der Waals surface area contributed by atoms with Crippen molar-refractivity contribution >= 4 is 0 Å². The van der Waals surface area contributed by atoms with Gasteiger partial charge in [0.05, 0.1) is 0 Å². The molecule has 0 rings (SSSR count). The predicted octanol–water partition coefficient (Wildman–Crippen LogP) is 4.52. The van der Waals surface area contributed by atoms with Gasteiger partial charge in [-0.05, 0) is 13.8 Å². The summed E-state index contributed by atoms with van der Waals surface area (Å²) in [6.45, 7) is 4.00. The van der Waals surface area contributed by atoms with Crippen LogP contribution in [-0.2, 0) is 0 Å². The number of rotatable bonds is 3. The third-order valence-corrected chi connectivity index (χ3v) is 0.940. The van der Waals surface area contributed by atoms with Gasteiger partial charge in [-0.3, -0.25) is 0 Å². The van der Waals surface area contributed by atoms with Gasteiger partial charge >= 0.3 is 0 Å². The molecule has 0 spiro atoms. The van der Waals surface area contributed by atoms with Gasteiger partial charge in [0.2, 0.25) is 0 Å². The van der Waals surface area contributed by atoms with E-state index >= 15 is 0 Å². The molecule has 0 atom stereocenters. The van der Waals surface area contributed by atoms with Gasteiger partial charge in [-0.1, -0.05) is 63.5 Å². The van der Waals surface area contributed by atoms with Crippen molar-refractivity contribution < 1.29 is 0 Å². The third kappa shape index (κ3) is 16.0. The summed E-state index contributed by atoms with van der Waals surface area (Å²) in [4.78, 5) is 0. The predicted molar refractivity (Wildman–Crippen MR) is 61.4 cm³/mol. The molecule has 0 aliphatic rings. The molecule has 0 heterocycles. The first kappa shape index (κ1) is 17.2. The van der Waals surface area contributed by atoms with Crippen molar-refractivity contribution in [3.8, 4) is 0 Å². The summed E-state index contributed by atoms with van der Waals surface area (Å²) in [5, 5.41) is 0. The van der Waals surface area contributed by atoms with E-state index in [4.69, 9.17) is 0 Å². The minimum atomic E-state index is 0. The number of hydrogen-bond acceptors (Lipinski definition) is 0. The molecule has 0 aliphatic heterocycles. The van der Waals surface area contributed by atoms with Crippen LogP contribution in [0.1, 0.15) is 28.7 Å². The summed E-state index contributed by atoms with van der Waals surface area (Å²) in [5.41, 5.74) is 0. The zero-order chi connectivity index (χ0) is 7.66. The van der Waals surface area contributed by atoms with Crippen LogP contribution in [0.3, 0.4) is 0 Å². The minimum absolute atomic E-state index is 0. The second-order valence-corrected chi connectivity index (χ2v) is 1.82. The number of allylic oxidation sites excluding steroid dienone is 8. The van der Waals surface area contributed by atoms with Gasteiger partial charge in [0.15, 0.2) is 0 Å². The van der Waals surface area contributed by atoms with Gasteiger partial charge in [-0.15, -0.1) is 0 Å². The van der Waals surface area contributed by atoms with Crippen molar-refractivity contribution in [3.05, 3.63) is 48.6 Å². The molecule has 0 nitrogen and oxygen atoms in total. The van der Waals surface area contributed by atoms with Crippen molar-refractivity contribution in [1.29, 1.82) is 0 Å². The quantitative estimate of drug-likeness (QED) is 0.541. The summed E-state index contributed by atoms with van der Waals surface area (Å²) in [6, 6.07) is 0. The highest BCUT2D eigenvalue weighted by molar-refractivity contribution is 5.14. The maximum absolute atomic E-state index is 2.00. The SMILES string of the molecule is C.C.C/C=C/C=C\C=C\C=C\C. The van der Waals surface area contributed by atoms with E-state index in [-0.39, 0.29) is 14.9 Å². The molecule has 12 heavy (non-hydrogen) atoms. The topological polar surface area (TPSA) is 0 Å². The highest BCUT2D eigenvalue weighted by Crippen LogP contribution is 1.80. The average molecular weight is 166 g/mol. The fourth-order valence-electron chi connectivity index (χ4n) is 0.479. The first-order valence-corrected chi connectivity index (χ1v) is 3.49. The normalized spacial score (nSPS) is 11.2. The molecule has 0 aliphatic carbocycles. The Kier molecular flexibility index (Phi) is 23.6. The van der Waals surface area contributed by atoms with Crippen molar-refractivity contribution in [1.82, 2.24) is 0 Å². The fraction of sp³-hybridized carbons (Fsp3) is 0.333. The van der Waals surface area contributed by atoms with Crippen LogP contribution in [0, 0.1) is 0 Å².